The first-order valence-electron chi connectivity index (χ1n) is 15.3. The molecule has 1 saturated heterocycles. The van der Waals surface area contributed by atoms with Crippen LogP contribution in [0, 0.1) is 6.92 Å². The van der Waals surface area contributed by atoms with E-state index in [0.29, 0.717) is 56.5 Å². The van der Waals surface area contributed by atoms with Crippen LogP contribution >= 0.6 is 0 Å². The number of amides is 2. The normalized spacial score (nSPS) is 14.8. The maximum absolute atomic E-state index is 13.8. The van der Waals surface area contributed by atoms with Crippen molar-refractivity contribution < 1.29 is 28.2 Å². The molecule has 2 amide bonds. The number of hydrogen-bond donors (Lipinski definition) is 0. The number of rotatable bonds is 17. The van der Waals surface area contributed by atoms with Crippen molar-refractivity contribution in [2.45, 2.75) is 78.3 Å². The Balaban J connectivity index is 1.40. The van der Waals surface area contributed by atoms with Crippen LogP contribution in [0.15, 0.2) is 34.7 Å². The fraction of sp³-hybridized carbons (Fsp3) is 0.625. The minimum atomic E-state index is -0.105. The summed E-state index contributed by atoms with van der Waals surface area (Å²) in [6, 6.07) is 9.54. The number of unbranched alkanes of at least 4 members (excludes halogenated alkanes) is 6. The van der Waals surface area contributed by atoms with Crippen LogP contribution < -0.4 is 9.47 Å². The van der Waals surface area contributed by atoms with E-state index in [1.165, 1.54) is 25.7 Å². The van der Waals surface area contributed by atoms with Gasteiger partial charge in [0.1, 0.15) is 11.5 Å². The molecule has 1 aromatic heterocycles. The first-order chi connectivity index (χ1) is 20.0. The smallest absolute Gasteiger partial charge is 0.242 e. The van der Waals surface area contributed by atoms with Gasteiger partial charge in [-0.3, -0.25) is 14.5 Å². The van der Waals surface area contributed by atoms with Gasteiger partial charge in [-0.1, -0.05) is 51.5 Å². The third kappa shape index (κ3) is 10.1. The highest BCUT2D eigenvalue weighted by molar-refractivity contribution is 5.85. The number of benzene rings is 1. The second-order valence-corrected chi connectivity index (χ2v) is 11.1. The van der Waals surface area contributed by atoms with Gasteiger partial charge in [-0.25, -0.2) is 0 Å². The maximum Gasteiger partial charge on any atom is 0.242 e. The average Bonchev–Trinajstić information content (AvgIpc) is 3.62. The molecule has 0 atom stereocenters. The van der Waals surface area contributed by atoms with E-state index in [0.717, 1.165) is 50.2 Å². The lowest BCUT2D eigenvalue weighted by Gasteiger charge is -2.31. The molecule has 9 heteroatoms. The quantitative estimate of drug-likeness (QED) is 0.244. The van der Waals surface area contributed by atoms with Crippen LogP contribution in [0.5, 0.6) is 11.5 Å². The Morgan fingerprint density at radius 3 is 2.37 bits per heavy atom. The van der Waals surface area contributed by atoms with Crippen molar-refractivity contribution >= 4 is 11.8 Å². The van der Waals surface area contributed by atoms with Crippen LogP contribution in [-0.2, 0) is 27.4 Å². The third-order valence-electron chi connectivity index (χ3n) is 7.77. The van der Waals surface area contributed by atoms with Gasteiger partial charge in [0.05, 0.1) is 26.3 Å². The van der Waals surface area contributed by atoms with Crippen LogP contribution in [0.25, 0.3) is 0 Å². The lowest BCUT2D eigenvalue weighted by molar-refractivity contribution is -0.141. The van der Waals surface area contributed by atoms with E-state index in [9.17, 15) is 9.59 Å². The zero-order chi connectivity index (χ0) is 28.9. The maximum atomic E-state index is 13.8. The largest absolute Gasteiger partial charge is 0.464 e. The molecule has 4 rings (SSSR count). The van der Waals surface area contributed by atoms with E-state index in [2.05, 4.69) is 11.8 Å². The number of fused-ring (bicyclic) bond motifs is 1. The molecule has 1 aromatic carbocycles. The van der Waals surface area contributed by atoms with Crippen LogP contribution in [0.2, 0.25) is 0 Å². The van der Waals surface area contributed by atoms with Gasteiger partial charge in [0.2, 0.25) is 18.6 Å². The van der Waals surface area contributed by atoms with Crippen LogP contribution in [0.1, 0.15) is 75.4 Å². The summed E-state index contributed by atoms with van der Waals surface area (Å²) < 4.78 is 22.3. The molecule has 0 bridgehead atoms. The topological polar surface area (TPSA) is 84.7 Å². The highest BCUT2D eigenvalue weighted by Crippen LogP contribution is 2.33. The molecule has 2 aliphatic rings. The molecule has 0 saturated carbocycles. The molecule has 0 radical (unpaired) electrons. The Hall–Kier alpha value is -3.04. The summed E-state index contributed by atoms with van der Waals surface area (Å²) in [7, 11) is 0. The van der Waals surface area contributed by atoms with Crippen molar-refractivity contribution in [1.29, 1.82) is 0 Å². The van der Waals surface area contributed by atoms with Gasteiger partial charge in [-0.2, -0.15) is 0 Å². The van der Waals surface area contributed by atoms with Gasteiger partial charge in [-0.05, 0) is 43.2 Å². The standard InChI is InChI=1S/C32H47N3O6/c1-3-4-5-6-7-8-9-10-31(36)34(16-15-33-17-19-38-20-18-33)24-32(37)35(23-28-13-11-26(2)41-28)22-27-12-14-29-30(21-27)40-25-39-29/h11-14,21H,3-10,15-20,22-25H2,1-2H3. The SMILES string of the molecule is CCCCCCCCCC(=O)N(CCN1CCOCC1)CC(=O)N(Cc1ccc2c(c1)OCO2)Cc1ccc(C)o1. The lowest BCUT2D eigenvalue weighted by atomic mass is 10.1. The number of aryl methyl sites for hydroxylation is 1. The number of ether oxygens (including phenoxy) is 3. The zero-order valence-corrected chi connectivity index (χ0v) is 24.9. The highest BCUT2D eigenvalue weighted by atomic mass is 16.7. The van der Waals surface area contributed by atoms with E-state index >= 15 is 0 Å². The number of hydrogen-bond acceptors (Lipinski definition) is 7. The summed E-state index contributed by atoms with van der Waals surface area (Å²) in [6.07, 6.45) is 8.54. The molecule has 41 heavy (non-hydrogen) atoms. The summed E-state index contributed by atoms with van der Waals surface area (Å²) in [5.41, 5.74) is 0.931. The first kappa shape index (κ1) is 30.9. The number of morpholine rings is 1. The second-order valence-electron chi connectivity index (χ2n) is 11.1. The molecule has 226 valence electrons. The zero-order valence-electron chi connectivity index (χ0n) is 24.9. The van der Waals surface area contributed by atoms with Crippen molar-refractivity contribution in [2.24, 2.45) is 0 Å². The van der Waals surface area contributed by atoms with Gasteiger partial charge >= 0.3 is 0 Å². The third-order valence-corrected chi connectivity index (χ3v) is 7.77. The van der Waals surface area contributed by atoms with Gasteiger partial charge < -0.3 is 28.4 Å². The summed E-state index contributed by atoms with van der Waals surface area (Å²) in [4.78, 5) is 33.1. The number of carbonyl (C=O) groups excluding carboxylic acids is 2. The Morgan fingerprint density at radius 1 is 0.854 bits per heavy atom. The van der Waals surface area contributed by atoms with Crippen LogP contribution in [0.4, 0.5) is 0 Å². The molecule has 0 N–H and O–H groups in total. The van der Waals surface area contributed by atoms with Crippen molar-refractivity contribution in [3.8, 4) is 11.5 Å². The predicted molar refractivity (Wildman–Crippen MR) is 157 cm³/mol. The average molecular weight is 570 g/mol. The molecule has 0 unspecified atom stereocenters. The highest BCUT2D eigenvalue weighted by Gasteiger charge is 2.24. The molecular formula is C32H47N3O6. The lowest BCUT2D eigenvalue weighted by Crippen LogP contribution is -2.47. The number of nitrogens with zero attached hydrogens (tertiary/aromatic N) is 3. The van der Waals surface area contributed by atoms with E-state index < -0.39 is 0 Å². The molecule has 2 aliphatic heterocycles. The van der Waals surface area contributed by atoms with Gasteiger partial charge in [0.25, 0.3) is 0 Å². The van der Waals surface area contributed by atoms with Gasteiger partial charge in [0.15, 0.2) is 11.5 Å². The van der Waals surface area contributed by atoms with Crippen molar-refractivity contribution in [1.82, 2.24) is 14.7 Å². The summed E-state index contributed by atoms with van der Waals surface area (Å²) in [5.74, 6) is 2.85. The monoisotopic (exact) mass is 569 g/mol. The van der Waals surface area contributed by atoms with E-state index in [1.54, 1.807) is 9.80 Å². The summed E-state index contributed by atoms with van der Waals surface area (Å²) >= 11 is 0. The van der Waals surface area contributed by atoms with Gasteiger partial charge in [-0.15, -0.1) is 0 Å². The fourth-order valence-electron chi connectivity index (χ4n) is 5.28. The van der Waals surface area contributed by atoms with Crippen LogP contribution in [0.3, 0.4) is 0 Å². The van der Waals surface area contributed by atoms with E-state index in [-0.39, 0.29) is 25.2 Å². The first-order valence-corrected chi connectivity index (χ1v) is 15.3. The Morgan fingerprint density at radius 2 is 1.61 bits per heavy atom. The van der Waals surface area contributed by atoms with Crippen molar-refractivity contribution in [3.63, 3.8) is 0 Å². The minimum Gasteiger partial charge on any atom is -0.464 e. The number of carbonyl (C=O) groups is 2. The Kier molecular flexibility index (Phi) is 12.4. The molecule has 1 fully saturated rings. The van der Waals surface area contributed by atoms with E-state index in [1.807, 2.05) is 37.3 Å². The molecule has 2 aromatic rings. The minimum absolute atomic E-state index is 0.0456. The van der Waals surface area contributed by atoms with Crippen LogP contribution in [-0.4, -0.2) is 79.2 Å². The summed E-state index contributed by atoms with van der Waals surface area (Å²) in [6.45, 7) is 9.43. The molecule has 0 spiro atoms. The predicted octanol–water partition coefficient (Wildman–Crippen LogP) is 5.15. The Bertz CT molecular complexity index is 1100. The molecule has 3 heterocycles. The fourth-order valence-corrected chi connectivity index (χ4v) is 5.28. The van der Waals surface area contributed by atoms with E-state index in [4.69, 9.17) is 18.6 Å². The Labute approximate surface area is 244 Å². The van der Waals surface area contributed by atoms with Crippen molar-refractivity contribution in [2.75, 3.05) is 52.7 Å². The molecule has 0 aliphatic carbocycles. The van der Waals surface area contributed by atoms with Gasteiger partial charge in [0, 0.05) is 39.1 Å². The second kappa shape index (κ2) is 16.4. The van der Waals surface area contributed by atoms with Crippen molar-refractivity contribution in [3.05, 3.63) is 47.4 Å². The molecule has 9 nitrogen and oxygen atoms in total. The number of furan rings is 1. The molecular weight excluding hydrogens is 522 g/mol. The summed E-state index contributed by atoms with van der Waals surface area (Å²) in [5, 5.41) is 0.